The Morgan fingerprint density at radius 1 is 1.05 bits per heavy atom. The van der Waals surface area contributed by atoms with Crippen LogP contribution in [0.1, 0.15) is 36.5 Å². The van der Waals surface area contributed by atoms with Crippen molar-refractivity contribution >= 4 is 5.82 Å². The topological polar surface area (TPSA) is 63.8 Å². The van der Waals surface area contributed by atoms with Gasteiger partial charge in [-0.25, -0.2) is 15.8 Å². The van der Waals surface area contributed by atoms with Crippen LogP contribution >= 0.6 is 0 Å². The predicted octanol–water partition coefficient (Wildman–Crippen LogP) is 2.70. The lowest BCUT2D eigenvalue weighted by atomic mass is 9.83. The molecule has 1 heterocycles. The smallest absolute Gasteiger partial charge is 0.146 e. The molecule has 0 unspecified atom stereocenters. The molecule has 0 saturated heterocycles. The summed E-state index contributed by atoms with van der Waals surface area (Å²) >= 11 is 0. The summed E-state index contributed by atoms with van der Waals surface area (Å²) in [6.07, 6.45) is 0. The highest BCUT2D eigenvalue weighted by molar-refractivity contribution is 5.46. The van der Waals surface area contributed by atoms with Crippen molar-refractivity contribution in [2.45, 2.75) is 33.1 Å². The van der Waals surface area contributed by atoms with Crippen molar-refractivity contribution in [2.24, 2.45) is 5.84 Å². The van der Waals surface area contributed by atoms with Gasteiger partial charge in [-0.05, 0) is 33.3 Å². The largest absolute Gasteiger partial charge is 0.308 e. The van der Waals surface area contributed by atoms with Crippen LogP contribution in [-0.4, -0.2) is 9.97 Å². The lowest BCUT2D eigenvalue weighted by Gasteiger charge is -2.25. The normalized spacial score (nSPS) is 11.4. The fourth-order valence-electron chi connectivity index (χ4n) is 2.03. The number of anilines is 1. The summed E-state index contributed by atoms with van der Waals surface area (Å²) in [5.74, 6) is 6.99. The third-order valence-electron chi connectivity index (χ3n) is 3.58. The number of hydrogen-bond donors (Lipinski definition) is 2. The summed E-state index contributed by atoms with van der Waals surface area (Å²) in [5.41, 5.74) is 5.50. The number of hydrazine groups is 1. The number of nitrogens with two attached hydrogens (primary N) is 1. The predicted molar refractivity (Wildman–Crippen MR) is 77.9 cm³/mol. The fraction of sp³-hybridized carbons (Fsp3) is 0.333. The summed E-state index contributed by atoms with van der Waals surface area (Å²) < 4.78 is 0. The number of nitrogens with zero attached hydrogens (tertiary/aromatic N) is 2. The van der Waals surface area contributed by atoms with Crippen LogP contribution in [0.4, 0.5) is 5.82 Å². The highest BCUT2D eigenvalue weighted by Crippen LogP contribution is 2.30. The first kappa shape index (κ1) is 13.5. The molecule has 1 aromatic carbocycles. The summed E-state index contributed by atoms with van der Waals surface area (Å²) in [4.78, 5) is 9.18. The third-order valence-corrected chi connectivity index (χ3v) is 3.58. The molecule has 0 radical (unpaired) electrons. The molecule has 0 fully saturated rings. The second-order valence-electron chi connectivity index (χ2n) is 5.24. The van der Waals surface area contributed by atoms with Crippen LogP contribution < -0.4 is 11.3 Å². The SMILES string of the molecule is Cc1nc(C(C)(C)c2ccccc2)nc(NN)c1C. The van der Waals surface area contributed by atoms with Crippen molar-refractivity contribution in [3.63, 3.8) is 0 Å². The van der Waals surface area contributed by atoms with Crippen LogP contribution in [0.3, 0.4) is 0 Å². The Morgan fingerprint density at radius 2 is 1.68 bits per heavy atom. The molecule has 2 aromatic rings. The molecule has 0 aliphatic carbocycles. The van der Waals surface area contributed by atoms with Gasteiger partial charge in [0.05, 0.1) is 0 Å². The number of rotatable bonds is 3. The van der Waals surface area contributed by atoms with Gasteiger partial charge in [-0.2, -0.15) is 0 Å². The Kier molecular flexibility index (Phi) is 3.53. The minimum absolute atomic E-state index is 0.259. The van der Waals surface area contributed by atoms with E-state index in [1.54, 1.807) is 0 Å². The summed E-state index contributed by atoms with van der Waals surface area (Å²) in [5, 5.41) is 0. The molecule has 1 aromatic heterocycles. The number of hydrogen-bond acceptors (Lipinski definition) is 4. The summed E-state index contributed by atoms with van der Waals surface area (Å²) in [6, 6.07) is 10.2. The molecule has 4 nitrogen and oxygen atoms in total. The van der Waals surface area contributed by atoms with E-state index in [0.717, 1.165) is 17.1 Å². The van der Waals surface area contributed by atoms with Gasteiger partial charge in [-0.15, -0.1) is 0 Å². The van der Waals surface area contributed by atoms with Gasteiger partial charge in [0.1, 0.15) is 11.6 Å². The molecule has 3 N–H and O–H groups in total. The Labute approximate surface area is 114 Å². The van der Waals surface area contributed by atoms with Crippen LogP contribution in [0.2, 0.25) is 0 Å². The van der Waals surface area contributed by atoms with Gasteiger partial charge in [0.15, 0.2) is 0 Å². The molecule has 2 rings (SSSR count). The van der Waals surface area contributed by atoms with Gasteiger partial charge in [-0.1, -0.05) is 30.3 Å². The van der Waals surface area contributed by atoms with E-state index in [9.17, 15) is 0 Å². The van der Waals surface area contributed by atoms with Crippen LogP contribution in [0.15, 0.2) is 30.3 Å². The Balaban J connectivity index is 2.55. The quantitative estimate of drug-likeness (QED) is 0.654. The molecular weight excluding hydrogens is 236 g/mol. The molecule has 0 aliphatic rings. The third kappa shape index (κ3) is 2.44. The van der Waals surface area contributed by atoms with E-state index in [2.05, 4.69) is 41.4 Å². The molecule has 100 valence electrons. The Hall–Kier alpha value is -1.94. The fourth-order valence-corrected chi connectivity index (χ4v) is 2.03. The first-order valence-corrected chi connectivity index (χ1v) is 6.34. The van der Waals surface area contributed by atoms with E-state index in [1.807, 2.05) is 32.0 Å². The monoisotopic (exact) mass is 256 g/mol. The highest BCUT2D eigenvalue weighted by atomic mass is 15.3. The molecular formula is C15H20N4. The van der Waals surface area contributed by atoms with Gasteiger partial charge >= 0.3 is 0 Å². The van der Waals surface area contributed by atoms with Gasteiger partial charge in [0.2, 0.25) is 0 Å². The lowest BCUT2D eigenvalue weighted by molar-refractivity contribution is 0.587. The van der Waals surface area contributed by atoms with Crippen molar-refractivity contribution < 1.29 is 0 Å². The second kappa shape index (κ2) is 4.97. The van der Waals surface area contributed by atoms with E-state index in [4.69, 9.17) is 5.84 Å². The molecule has 0 aliphatic heterocycles. The van der Waals surface area contributed by atoms with Crippen molar-refractivity contribution in [1.29, 1.82) is 0 Å². The van der Waals surface area contributed by atoms with E-state index < -0.39 is 0 Å². The Morgan fingerprint density at radius 3 is 2.26 bits per heavy atom. The maximum atomic E-state index is 5.53. The van der Waals surface area contributed by atoms with Gasteiger partial charge in [0.25, 0.3) is 0 Å². The standard InChI is InChI=1S/C15H20N4/c1-10-11(2)17-14(18-13(10)19-16)15(3,4)12-8-6-5-7-9-12/h5-9H,16H2,1-4H3,(H,17,18,19). The van der Waals surface area contributed by atoms with Crippen molar-refractivity contribution in [3.8, 4) is 0 Å². The number of nitrogens with one attached hydrogen (secondary N) is 1. The van der Waals surface area contributed by atoms with Crippen LogP contribution in [0.25, 0.3) is 0 Å². The zero-order valence-corrected chi connectivity index (χ0v) is 11.9. The molecule has 19 heavy (non-hydrogen) atoms. The average Bonchev–Trinajstić information content (AvgIpc) is 2.42. The zero-order valence-electron chi connectivity index (χ0n) is 11.9. The second-order valence-corrected chi connectivity index (χ2v) is 5.24. The average molecular weight is 256 g/mol. The minimum atomic E-state index is -0.259. The minimum Gasteiger partial charge on any atom is -0.308 e. The molecule has 0 saturated carbocycles. The van der Waals surface area contributed by atoms with Crippen LogP contribution in [0, 0.1) is 13.8 Å². The molecule has 4 heteroatoms. The van der Waals surface area contributed by atoms with E-state index in [-0.39, 0.29) is 5.41 Å². The Bertz CT molecular complexity index is 576. The van der Waals surface area contributed by atoms with Gasteiger partial charge in [-0.3, -0.25) is 0 Å². The number of nitrogen functional groups attached to an aromatic ring is 1. The molecule has 0 spiro atoms. The van der Waals surface area contributed by atoms with Crippen molar-refractivity contribution in [1.82, 2.24) is 9.97 Å². The molecule has 0 atom stereocenters. The van der Waals surface area contributed by atoms with Crippen LogP contribution in [-0.2, 0) is 5.41 Å². The van der Waals surface area contributed by atoms with Crippen LogP contribution in [0.5, 0.6) is 0 Å². The summed E-state index contributed by atoms with van der Waals surface area (Å²) in [7, 11) is 0. The maximum Gasteiger partial charge on any atom is 0.146 e. The van der Waals surface area contributed by atoms with E-state index in [1.165, 1.54) is 5.56 Å². The van der Waals surface area contributed by atoms with E-state index >= 15 is 0 Å². The first-order valence-electron chi connectivity index (χ1n) is 6.34. The van der Waals surface area contributed by atoms with Crippen molar-refractivity contribution in [2.75, 3.05) is 5.43 Å². The molecule has 0 amide bonds. The zero-order chi connectivity index (χ0) is 14.0. The molecule has 0 bridgehead atoms. The van der Waals surface area contributed by atoms with Gasteiger partial charge in [0, 0.05) is 16.7 Å². The van der Waals surface area contributed by atoms with Crippen molar-refractivity contribution in [3.05, 3.63) is 53.0 Å². The maximum absolute atomic E-state index is 5.53. The number of aromatic nitrogens is 2. The summed E-state index contributed by atoms with van der Waals surface area (Å²) in [6.45, 7) is 8.17. The van der Waals surface area contributed by atoms with Gasteiger partial charge < -0.3 is 5.43 Å². The number of benzene rings is 1. The lowest BCUT2D eigenvalue weighted by Crippen LogP contribution is -2.24. The van der Waals surface area contributed by atoms with E-state index in [0.29, 0.717) is 5.82 Å². The number of aryl methyl sites for hydroxylation is 1. The highest BCUT2D eigenvalue weighted by Gasteiger charge is 2.27. The first-order chi connectivity index (χ1) is 8.96.